The molecule has 0 radical (unpaired) electrons. The first-order chi connectivity index (χ1) is 7.86. The largest absolute Gasteiger partial charge is 0.345 e. The number of thiophene rings is 1. The van der Waals surface area contributed by atoms with Gasteiger partial charge in [0.2, 0.25) is 0 Å². The Morgan fingerprint density at radius 2 is 2.24 bits per heavy atom. The fourth-order valence-electron chi connectivity index (χ4n) is 1.86. The molecule has 0 spiro atoms. The third-order valence-corrected chi connectivity index (χ3v) is 3.75. The van der Waals surface area contributed by atoms with Crippen LogP contribution in [0, 0.1) is 5.92 Å². The number of carbonyl (C=O) groups is 1. The first-order valence-electron chi connectivity index (χ1n) is 5.64. The lowest BCUT2D eigenvalue weighted by Gasteiger charge is -2.31. The van der Waals surface area contributed by atoms with Crippen LogP contribution in [0.25, 0.3) is 0 Å². The van der Waals surface area contributed by atoms with Crippen LogP contribution in [0.15, 0.2) is 12.1 Å². The summed E-state index contributed by atoms with van der Waals surface area (Å²) in [5, 5.41) is 2.99. The standard InChI is InChI=1S/C12H19ClN2OS/c1-8(2)6-12(3,7-14)15-11(16)9-4-5-10(13)17-9/h4-5,8H,6-7,14H2,1-3H3,(H,15,16). The molecule has 0 saturated carbocycles. The topological polar surface area (TPSA) is 55.1 Å². The van der Waals surface area contributed by atoms with Gasteiger partial charge >= 0.3 is 0 Å². The summed E-state index contributed by atoms with van der Waals surface area (Å²) >= 11 is 7.09. The van der Waals surface area contributed by atoms with Gasteiger partial charge in [-0.3, -0.25) is 4.79 Å². The molecule has 1 rings (SSSR count). The van der Waals surface area contributed by atoms with Crippen molar-refractivity contribution in [2.45, 2.75) is 32.7 Å². The Balaban J connectivity index is 2.71. The van der Waals surface area contributed by atoms with Crippen molar-refractivity contribution >= 4 is 28.8 Å². The summed E-state index contributed by atoms with van der Waals surface area (Å²) in [5.74, 6) is 0.381. The van der Waals surface area contributed by atoms with Crippen molar-refractivity contribution in [2.75, 3.05) is 6.54 Å². The van der Waals surface area contributed by atoms with E-state index in [0.29, 0.717) is 21.7 Å². The summed E-state index contributed by atoms with van der Waals surface area (Å²) in [6.07, 6.45) is 0.856. The number of hydrogen-bond acceptors (Lipinski definition) is 3. The molecule has 1 amide bonds. The Bertz CT molecular complexity index is 392. The molecule has 1 heterocycles. The van der Waals surface area contributed by atoms with E-state index in [1.165, 1.54) is 11.3 Å². The van der Waals surface area contributed by atoms with Crippen LogP contribution in [0.1, 0.15) is 36.9 Å². The van der Waals surface area contributed by atoms with E-state index in [2.05, 4.69) is 19.2 Å². The van der Waals surface area contributed by atoms with Crippen LogP contribution < -0.4 is 11.1 Å². The van der Waals surface area contributed by atoms with Gasteiger partial charge in [-0.2, -0.15) is 0 Å². The predicted octanol–water partition coefficient (Wildman–Crippen LogP) is 2.89. The molecule has 5 heteroatoms. The highest BCUT2D eigenvalue weighted by atomic mass is 35.5. The van der Waals surface area contributed by atoms with Gasteiger partial charge in [-0.15, -0.1) is 11.3 Å². The quantitative estimate of drug-likeness (QED) is 0.867. The van der Waals surface area contributed by atoms with E-state index in [0.717, 1.165) is 6.42 Å². The number of nitrogens with one attached hydrogen (secondary N) is 1. The zero-order valence-corrected chi connectivity index (χ0v) is 12.0. The molecule has 0 aliphatic carbocycles. The van der Waals surface area contributed by atoms with Crippen molar-refractivity contribution in [1.29, 1.82) is 0 Å². The van der Waals surface area contributed by atoms with Crippen LogP contribution in [0.3, 0.4) is 0 Å². The maximum absolute atomic E-state index is 12.0. The lowest BCUT2D eigenvalue weighted by Crippen LogP contribution is -2.52. The van der Waals surface area contributed by atoms with E-state index in [1.54, 1.807) is 12.1 Å². The van der Waals surface area contributed by atoms with Gasteiger partial charge in [0.05, 0.1) is 14.8 Å². The Morgan fingerprint density at radius 3 is 2.65 bits per heavy atom. The van der Waals surface area contributed by atoms with Gasteiger partial charge in [-0.05, 0) is 31.4 Å². The molecule has 1 aromatic heterocycles. The summed E-state index contributed by atoms with van der Waals surface area (Å²) in [4.78, 5) is 12.6. The number of carbonyl (C=O) groups excluding carboxylic acids is 1. The molecule has 96 valence electrons. The molecule has 1 atom stereocenters. The van der Waals surface area contributed by atoms with E-state index < -0.39 is 0 Å². The van der Waals surface area contributed by atoms with E-state index >= 15 is 0 Å². The molecule has 17 heavy (non-hydrogen) atoms. The Morgan fingerprint density at radius 1 is 1.59 bits per heavy atom. The fourth-order valence-corrected chi connectivity index (χ4v) is 2.80. The van der Waals surface area contributed by atoms with E-state index in [4.69, 9.17) is 17.3 Å². The number of halogens is 1. The molecule has 1 aromatic rings. The normalized spacial score (nSPS) is 14.7. The minimum Gasteiger partial charge on any atom is -0.345 e. The number of hydrogen-bond donors (Lipinski definition) is 2. The van der Waals surface area contributed by atoms with Gasteiger partial charge in [-0.1, -0.05) is 25.4 Å². The third-order valence-electron chi connectivity index (χ3n) is 2.52. The smallest absolute Gasteiger partial charge is 0.261 e. The van der Waals surface area contributed by atoms with Gasteiger partial charge in [0, 0.05) is 6.54 Å². The molecular weight excluding hydrogens is 256 g/mol. The summed E-state index contributed by atoms with van der Waals surface area (Å²) < 4.78 is 0.619. The van der Waals surface area contributed by atoms with Crippen LogP contribution in [0.2, 0.25) is 4.34 Å². The van der Waals surface area contributed by atoms with Gasteiger partial charge in [0.15, 0.2) is 0 Å². The third kappa shape index (κ3) is 4.30. The molecule has 3 N–H and O–H groups in total. The molecule has 3 nitrogen and oxygen atoms in total. The molecular formula is C12H19ClN2OS. The second-order valence-electron chi connectivity index (χ2n) is 4.92. The molecule has 0 saturated heterocycles. The molecule has 0 aromatic carbocycles. The second kappa shape index (κ2) is 5.85. The fraction of sp³-hybridized carbons (Fsp3) is 0.583. The monoisotopic (exact) mass is 274 g/mol. The summed E-state index contributed by atoms with van der Waals surface area (Å²) in [7, 11) is 0. The second-order valence-corrected chi connectivity index (χ2v) is 6.64. The zero-order valence-electron chi connectivity index (χ0n) is 10.4. The Kier molecular flexibility index (Phi) is 4.98. The minimum absolute atomic E-state index is 0.101. The zero-order chi connectivity index (χ0) is 13.1. The maximum Gasteiger partial charge on any atom is 0.261 e. The predicted molar refractivity (Wildman–Crippen MR) is 73.7 cm³/mol. The highest BCUT2D eigenvalue weighted by Gasteiger charge is 2.26. The lowest BCUT2D eigenvalue weighted by atomic mass is 9.90. The summed E-state index contributed by atoms with van der Waals surface area (Å²) in [5.41, 5.74) is 5.39. The molecule has 0 bridgehead atoms. The van der Waals surface area contributed by atoms with Crippen LogP contribution in [-0.4, -0.2) is 18.0 Å². The highest BCUT2D eigenvalue weighted by Crippen LogP contribution is 2.23. The van der Waals surface area contributed by atoms with Crippen LogP contribution in [-0.2, 0) is 0 Å². The van der Waals surface area contributed by atoms with Crippen molar-refractivity contribution in [2.24, 2.45) is 11.7 Å². The summed E-state index contributed by atoms with van der Waals surface area (Å²) in [6.45, 7) is 6.63. The minimum atomic E-state index is -0.359. The Labute approximate surface area is 111 Å². The van der Waals surface area contributed by atoms with Gasteiger partial charge in [0.1, 0.15) is 0 Å². The van der Waals surface area contributed by atoms with Crippen molar-refractivity contribution in [3.8, 4) is 0 Å². The average molecular weight is 275 g/mol. The van der Waals surface area contributed by atoms with E-state index in [-0.39, 0.29) is 11.4 Å². The number of rotatable bonds is 5. The van der Waals surface area contributed by atoms with E-state index in [1.807, 2.05) is 6.92 Å². The number of nitrogens with two attached hydrogens (primary N) is 1. The van der Waals surface area contributed by atoms with Crippen molar-refractivity contribution in [1.82, 2.24) is 5.32 Å². The first-order valence-corrected chi connectivity index (χ1v) is 6.83. The summed E-state index contributed by atoms with van der Waals surface area (Å²) in [6, 6.07) is 3.46. The van der Waals surface area contributed by atoms with Crippen LogP contribution in [0.5, 0.6) is 0 Å². The molecule has 1 unspecified atom stereocenters. The van der Waals surface area contributed by atoms with Crippen molar-refractivity contribution in [3.63, 3.8) is 0 Å². The van der Waals surface area contributed by atoms with Gasteiger partial charge in [-0.25, -0.2) is 0 Å². The molecule has 0 fully saturated rings. The lowest BCUT2D eigenvalue weighted by molar-refractivity contribution is 0.0902. The van der Waals surface area contributed by atoms with Gasteiger partial charge < -0.3 is 11.1 Å². The molecule has 0 aliphatic heterocycles. The average Bonchev–Trinajstić information content (AvgIpc) is 2.63. The first kappa shape index (κ1) is 14.5. The van der Waals surface area contributed by atoms with Crippen LogP contribution >= 0.6 is 22.9 Å². The van der Waals surface area contributed by atoms with Gasteiger partial charge in [0.25, 0.3) is 5.91 Å². The highest BCUT2D eigenvalue weighted by molar-refractivity contribution is 7.18. The number of amides is 1. The van der Waals surface area contributed by atoms with Crippen molar-refractivity contribution in [3.05, 3.63) is 21.3 Å². The van der Waals surface area contributed by atoms with E-state index in [9.17, 15) is 4.79 Å². The SMILES string of the molecule is CC(C)CC(C)(CN)NC(=O)c1ccc(Cl)s1. The Hall–Kier alpha value is -0.580. The van der Waals surface area contributed by atoms with Crippen molar-refractivity contribution < 1.29 is 4.79 Å². The van der Waals surface area contributed by atoms with Crippen LogP contribution in [0.4, 0.5) is 0 Å². The molecule has 0 aliphatic rings. The maximum atomic E-state index is 12.0.